The normalized spacial score (nSPS) is 17.4. The molecule has 0 bridgehead atoms. The van der Waals surface area contributed by atoms with Crippen molar-refractivity contribution in [2.45, 2.75) is 12.8 Å². The first kappa shape index (κ1) is 11.0. The Bertz CT molecular complexity index is 636. The zero-order valence-corrected chi connectivity index (χ0v) is 9.91. The molecule has 3 rings (SSSR count). The number of carbonyl (C=O) groups excluding carboxylic acids is 1. The second-order valence-electron chi connectivity index (χ2n) is 4.49. The van der Waals surface area contributed by atoms with Crippen LogP contribution in [0.15, 0.2) is 42.5 Å². The molecule has 1 heterocycles. The first-order valence-corrected chi connectivity index (χ1v) is 5.86. The zero-order chi connectivity index (χ0) is 12.7. The molecule has 2 aromatic carbocycles. The Hall–Kier alpha value is -2.16. The number of carbonyl (C=O) groups is 1. The minimum atomic E-state index is -0.346. The van der Waals surface area contributed by atoms with Crippen LogP contribution in [0.25, 0.3) is 11.1 Å². The average molecular weight is 241 g/mol. The van der Waals surface area contributed by atoms with Crippen molar-refractivity contribution in [3.8, 4) is 11.1 Å². The van der Waals surface area contributed by atoms with Crippen LogP contribution in [0.4, 0.5) is 10.1 Å². The Kier molecular flexibility index (Phi) is 2.40. The Morgan fingerprint density at radius 2 is 1.89 bits per heavy atom. The van der Waals surface area contributed by atoms with Crippen molar-refractivity contribution >= 4 is 11.6 Å². The van der Waals surface area contributed by atoms with E-state index in [0.29, 0.717) is 5.69 Å². The van der Waals surface area contributed by atoms with Gasteiger partial charge in [-0.15, -0.1) is 0 Å². The van der Waals surface area contributed by atoms with Crippen molar-refractivity contribution in [2.75, 3.05) is 5.32 Å². The minimum absolute atomic E-state index is 0.105. The van der Waals surface area contributed by atoms with E-state index in [1.165, 1.54) is 12.1 Å². The van der Waals surface area contributed by atoms with Crippen molar-refractivity contribution in [1.82, 2.24) is 0 Å². The lowest BCUT2D eigenvalue weighted by Crippen LogP contribution is -2.17. The van der Waals surface area contributed by atoms with Gasteiger partial charge < -0.3 is 5.32 Å². The van der Waals surface area contributed by atoms with Crippen LogP contribution in [0.1, 0.15) is 18.4 Å². The van der Waals surface area contributed by atoms with Gasteiger partial charge in [0, 0.05) is 5.56 Å². The van der Waals surface area contributed by atoms with Crippen molar-refractivity contribution in [3.05, 3.63) is 53.8 Å². The van der Waals surface area contributed by atoms with Gasteiger partial charge in [-0.1, -0.05) is 24.3 Å². The van der Waals surface area contributed by atoms with E-state index in [9.17, 15) is 9.18 Å². The van der Waals surface area contributed by atoms with Gasteiger partial charge in [0.15, 0.2) is 0 Å². The third-order valence-electron chi connectivity index (χ3n) is 3.35. The van der Waals surface area contributed by atoms with Crippen molar-refractivity contribution < 1.29 is 9.18 Å². The fraction of sp³-hybridized carbons (Fsp3) is 0.133. The molecule has 1 aliphatic rings. The van der Waals surface area contributed by atoms with Gasteiger partial charge in [-0.3, -0.25) is 4.79 Å². The van der Waals surface area contributed by atoms with Crippen LogP contribution in [0.3, 0.4) is 0 Å². The molecule has 2 aromatic rings. The maximum absolute atomic E-state index is 13.3. The van der Waals surface area contributed by atoms with Gasteiger partial charge in [0.2, 0.25) is 5.91 Å². The lowest BCUT2D eigenvalue weighted by atomic mass is 9.92. The van der Waals surface area contributed by atoms with E-state index in [1.807, 2.05) is 31.2 Å². The second kappa shape index (κ2) is 3.95. The Labute approximate surface area is 104 Å². The first-order valence-electron chi connectivity index (χ1n) is 5.86. The summed E-state index contributed by atoms with van der Waals surface area (Å²) >= 11 is 0. The summed E-state index contributed by atoms with van der Waals surface area (Å²) in [6.07, 6.45) is 0. The van der Waals surface area contributed by atoms with E-state index in [0.717, 1.165) is 16.7 Å². The number of rotatable bonds is 0. The zero-order valence-electron chi connectivity index (χ0n) is 9.91. The van der Waals surface area contributed by atoms with Crippen LogP contribution in [-0.4, -0.2) is 5.91 Å². The van der Waals surface area contributed by atoms with Gasteiger partial charge in [-0.05, 0) is 36.2 Å². The van der Waals surface area contributed by atoms with E-state index < -0.39 is 0 Å². The Morgan fingerprint density at radius 3 is 2.72 bits per heavy atom. The fourth-order valence-electron chi connectivity index (χ4n) is 2.36. The molecular formula is C15H12FNO. The summed E-state index contributed by atoms with van der Waals surface area (Å²) < 4.78 is 13.3. The van der Waals surface area contributed by atoms with Gasteiger partial charge in [-0.25, -0.2) is 4.39 Å². The number of fused-ring (bicyclic) bond motifs is 3. The molecule has 1 unspecified atom stereocenters. The summed E-state index contributed by atoms with van der Waals surface area (Å²) in [4.78, 5) is 12.0. The molecule has 0 radical (unpaired) electrons. The van der Waals surface area contributed by atoms with Crippen LogP contribution >= 0.6 is 0 Å². The number of amides is 1. The number of halogens is 1. The molecule has 1 atom stereocenters. The van der Waals surface area contributed by atoms with Gasteiger partial charge in [0.1, 0.15) is 5.82 Å². The smallest absolute Gasteiger partial charge is 0.231 e. The molecule has 1 N–H and O–H groups in total. The SMILES string of the molecule is CC1C(=O)Nc2cc(F)ccc2-c2ccccc21. The molecule has 0 aliphatic carbocycles. The number of hydrogen-bond donors (Lipinski definition) is 1. The van der Waals surface area contributed by atoms with E-state index >= 15 is 0 Å². The fourth-order valence-corrected chi connectivity index (χ4v) is 2.36. The summed E-state index contributed by atoms with van der Waals surface area (Å²) in [6.45, 7) is 1.86. The van der Waals surface area contributed by atoms with E-state index in [-0.39, 0.29) is 17.6 Å². The highest BCUT2D eigenvalue weighted by molar-refractivity contribution is 6.03. The highest BCUT2D eigenvalue weighted by atomic mass is 19.1. The van der Waals surface area contributed by atoms with Gasteiger partial charge in [-0.2, -0.15) is 0 Å². The molecule has 0 spiro atoms. The quantitative estimate of drug-likeness (QED) is 0.750. The number of hydrogen-bond acceptors (Lipinski definition) is 1. The van der Waals surface area contributed by atoms with E-state index in [4.69, 9.17) is 0 Å². The average Bonchev–Trinajstić information content (AvgIpc) is 2.47. The highest BCUT2D eigenvalue weighted by Gasteiger charge is 2.24. The lowest BCUT2D eigenvalue weighted by molar-refractivity contribution is -0.117. The van der Waals surface area contributed by atoms with Crippen LogP contribution in [0.2, 0.25) is 0 Å². The molecule has 18 heavy (non-hydrogen) atoms. The van der Waals surface area contributed by atoms with Crippen molar-refractivity contribution in [1.29, 1.82) is 0 Å². The largest absolute Gasteiger partial charge is 0.325 e. The number of benzene rings is 2. The van der Waals surface area contributed by atoms with Crippen LogP contribution in [0.5, 0.6) is 0 Å². The lowest BCUT2D eigenvalue weighted by Gasteiger charge is -2.10. The predicted octanol–water partition coefficient (Wildman–Crippen LogP) is 3.55. The molecule has 0 saturated carbocycles. The van der Waals surface area contributed by atoms with E-state index in [1.54, 1.807) is 6.07 Å². The molecule has 90 valence electrons. The van der Waals surface area contributed by atoms with Crippen LogP contribution in [-0.2, 0) is 4.79 Å². The first-order chi connectivity index (χ1) is 8.66. The maximum atomic E-state index is 13.3. The number of anilines is 1. The molecule has 0 saturated heterocycles. The topological polar surface area (TPSA) is 29.1 Å². The molecule has 2 nitrogen and oxygen atoms in total. The molecule has 0 fully saturated rings. The van der Waals surface area contributed by atoms with Gasteiger partial charge in [0.25, 0.3) is 0 Å². The molecule has 1 aliphatic heterocycles. The molecule has 1 amide bonds. The molecule has 0 aromatic heterocycles. The summed E-state index contributed by atoms with van der Waals surface area (Å²) in [6, 6.07) is 12.2. The van der Waals surface area contributed by atoms with Crippen LogP contribution in [0, 0.1) is 5.82 Å². The van der Waals surface area contributed by atoms with Crippen molar-refractivity contribution in [3.63, 3.8) is 0 Å². The third-order valence-corrected chi connectivity index (χ3v) is 3.35. The monoisotopic (exact) mass is 241 g/mol. The molecule has 3 heteroatoms. The summed E-state index contributed by atoms with van der Waals surface area (Å²) in [5.41, 5.74) is 3.36. The molecular weight excluding hydrogens is 229 g/mol. The predicted molar refractivity (Wildman–Crippen MR) is 68.9 cm³/mol. The maximum Gasteiger partial charge on any atom is 0.231 e. The Balaban J connectivity index is 2.32. The second-order valence-corrected chi connectivity index (χ2v) is 4.49. The summed E-state index contributed by atoms with van der Waals surface area (Å²) in [5.74, 6) is -0.690. The highest BCUT2D eigenvalue weighted by Crippen LogP contribution is 2.38. The van der Waals surface area contributed by atoms with Crippen molar-refractivity contribution in [2.24, 2.45) is 0 Å². The van der Waals surface area contributed by atoms with Crippen LogP contribution < -0.4 is 5.32 Å². The third kappa shape index (κ3) is 1.59. The van der Waals surface area contributed by atoms with Gasteiger partial charge in [0.05, 0.1) is 11.6 Å². The number of nitrogens with one attached hydrogen (secondary N) is 1. The summed E-state index contributed by atoms with van der Waals surface area (Å²) in [7, 11) is 0. The summed E-state index contributed by atoms with van der Waals surface area (Å²) in [5, 5.41) is 2.78. The minimum Gasteiger partial charge on any atom is -0.325 e. The van der Waals surface area contributed by atoms with Gasteiger partial charge >= 0.3 is 0 Å². The van der Waals surface area contributed by atoms with E-state index in [2.05, 4.69) is 5.32 Å². The Morgan fingerprint density at radius 1 is 1.11 bits per heavy atom. The standard InChI is InChI=1S/C15H12FNO/c1-9-11-4-2-3-5-12(11)13-7-6-10(16)8-14(13)17-15(9)18/h2-9H,1H3,(H,17,18).